The molecule has 8 heavy (non-hydrogen) atoms. The fraction of sp³-hybridized carbons (Fsp3) is 0.429. The van der Waals surface area contributed by atoms with E-state index in [1.165, 1.54) is 12.6 Å². The molecular weight excluding hydrogens is 115 g/mol. The molecule has 0 amide bonds. The zero-order valence-corrected chi connectivity index (χ0v) is 5.99. The third-order valence-corrected chi connectivity index (χ3v) is 3.01. The molecule has 0 spiro atoms. The van der Waals surface area contributed by atoms with Crippen LogP contribution in [0.4, 0.5) is 0 Å². The third kappa shape index (κ3) is 1.38. The fourth-order valence-corrected chi connectivity index (χ4v) is 2.13. The van der Waals surface area contributed by atoms with Gasteiger partial charge in [0.25, 0.3) is 0 Å². The van der Waals surface area contributed by atoms with Crippen LogP contribution < -0.4 is 0 Å². The van der Waals surface area contributed by atoms with Crippen LogP contribution in [0.5, 0.6) is 0 Å². The third-order valence-electron chi connectivity index (χ3n) is 1.07. The van der Waals surface area contributed by atoms with E-state index in [0.29, 0.717) is 0 Å². The molecule has 1 radical (unpaired) electrons. The van der Waals surface area contributed by atoms with E-state index in [1.807, 2.05) is 6.07 Å². The minimum absolute atomic E-state index is 0.0687. The predicted molar refractivity (Wildman–Crippen MR) is 38.3 cm³/mol. The van der Waals surface area contributed by atoms with Crippen molar-refractivity contribution >= 4 is 7.53 Å². The minimum Gasteiger partial charge on any atom is -0.116 e. The van der Waals surface area contributed by atoms with Gasteiger partial charge in [-0.3, -0.25) is 0 Å². The molecule has 1 aromatic rings. The van der Waals surface area contributed by atoms with Gasteiger partial charge in [0.05, 0.1) is 0 Å². The van der Waals surface area contributed by atoms with E-state index < -0.39 is 0 Å². The van der Waals surface area contributed by atoms with E-state index in [1.54, 1.807) is 0 Å². The fourth-order valence-electron chi connectivity index (χ4n) is 0.709. The molecule has 1 heterocycles. The lowest BCUT2D eigenvalue weighted by Gasteiger charge is -1.87. The van der Waals surface area contributed by atoms with Crippen LogP contribution in [0.1, 0.15) is 13.3 Å². The van der Waals surface area contributed by atoms with E-state index in [0.717, 1.165) is 0 Å². The average Bonchev–Trinajstić information content (AvgIpc) is 2.19. The standard InChI is InChI=1S/C7H10P/c1-2-5-8-6-3-4-7-8/h3-4,6H,2,5H2,1H3. The van der Waals surface area contributed by atoms with Crippen molar-refractivity contribution in [1.82, 2.24) is 0 Å². The van der Waals surface area contributed by atoms with Gasteiger partial charge in [-0.2, -0.15) is 0 Å². The van der Waals surface area contributed by atoms with Gasteiger partial charge in [-0.25, -0.2) is 0 Å². The molecule has 0 nitrogen and oxygen atoms in total. The Labute approximate surface area is 51.6 Å². The molecule has 0 N–H and O–H groups in total. The summed E-state index contributed by atoms with van der Waals surface area (Å²) in [6.45, 7) is 2.22. The first kappa shape index (κ1) is 5.91. The van der Waals surface area contributed by atoms with Crippen molar-refractivity contribution in [2.45, 2.75) is 19.5 Å². The van der Waals surface area contributed by atoms with Crippen LogP contribution in [-0.4, -0.2) is 0 Å². The molecule has 0 bridgehead atoms. The molecule has 1 rings (SSSR count). The monoisotopic (exact) mass is 125 g/mol. The van der Waals surface area contributed by atoms with Gasteiger partial charge in [-0.15, -0.1) is 7.53 Å². The average molecular weight is 125 g/mol. The van der Waals surface area contributed by atoms with Crippen molar-refractivity contribution in [3.05, 3.63) is 23.7 Å². The molecule has 0 saturated carbocycles. The van der Waals surface area contributed by atoms with E-state index in [2.05, 4.69) is 24.6 Å². The molecule has 0 saturated heterocycles. The molecule has 43 valence electrons. The first-order valence-corrected chi connectivity index (χ1v) is 4.56. The van der Waals surface area contributed by atoms with Crippen molar-refractivity contribution in [1.29, 1.82) is 0 Å². The second kappa shape index (κ2) is 2.94. The SMILES string of the molecule is CCCp1[c]ccc1. The van der Waals surface area contributed by atoms with Gasteiger partial charge in [0.15, 0.2) is 0 Å². The van der Waals surface area contributed by atoms with Crippen molar-refractivity contribution in [2.75, 3.05) is 0 Å². The molecule has 0 aromatic carbocycles. The molecule has 1 heteroatoms. The summed E-state index contributed by atoms with van der Waals surface area (Å²) in [6, 6.07) is 4.13. The van der Waals surface area contributed by atoms with Gasteiger partial charge in [-0.1, -0.05) is 13.0 Å². The number of hydrogen-bond acceptors (Lipinski definition) is 0. The summed E-state index contributed by atoms with van der Waals surface area (Å²) < 4.78 is 0. The number of aryl methyl sites for hydroxylation is 1. The van der Waals surface area contributed by atoms with Gasteiger partial charge in [0.1, 0.15) is 0 Å². The van der Waals surface area contributed by atoms with Gasteiger partial charge in [-0.05, 0) is 24.4 Å². The normalized spacial score (nSPS) is 9.62. The molecule has 0 fully saturated rings. The molecule has 0 aliphatic heterocycles. The maximum atomic E-state index is 3.29. The lowest BCUT2D eigenvalue weighted by atomic mass is 10.6. The molecule has 1 atom stereocenters. The summed E-state index contributed by atoms with van der Waals surface area (Å²) in [5.74, 6) is 5.55. The van der Waals surface area contributed by atoms with Crippen LogP contribution in [0.2, 0.25) is 0 Å². The highest BCUT2D eigenvalue weighted by atomic mass is 31.1. The summed E-state index contributed by atoms with van der Waals surface area (Å²) in [5.41, 5.74) is 0. The lowest BCUT2D eigenvalue weighted by Crippen LogP contribution is -1.58. The molecule has 1 unspecified atom stereocenters. The maximum Gasteiger partial charge on any atom is 0.00512 e. The Hall–Kier alpha value is -0.220. The second-order valence-corrected chi connectivity index (χ2v) is 3.77. The smallest absolute Gasteiger partial charge is 0.00512 e. The second-order valence-electron chi connectivity index (χ2n) is 1.83. The quantitative estimate of drug-likeness (QED) is 0.570. The van der Waals surface area contributed by atoms with Gasteiger partial charge >= 0.3 is 0 Å². The van der Waals surface area contributed by atoms with Crippen LogP contribution >= 0.6 is 7.53 Å². The van der Waals surface area contributed by atoms with Gasteiger partial charge in [0.2, 0.25) is 0 Å². The highest BCUT2D eigenvalue weighted by molar-refractivity contribution is 7.47. The summed E-state index contributed by atoms with van der Waals surface area (Å²) in [7, 11) is 0.0687. The first-order chi connectivity index (χ1) is 3.93. The molecule has 1 aromatic heterocycles. The summed E-state index contributed by atoms with van der Waals surface area (Å²) in [4.78, 5) is 0. The zero-order valence-electron chi connectivity index (χ0n) is 5.09. The van der Waals surface area contributed by atoms with E-state index >= 15 is 0 Å². The highest BCUT2D eigenvalue weighted by Gasteiger charge is 1.85. The molecular formula is C7H10P. The minimum atomic E-state index is 0.0687. The molecule has 0 aliphatic carbocycles. The Balaban J connectivity index is 2.50. The van der Waals surface area contributed by atoms with Crippen molar-refractivity contribution in [3.63, 3.8) is 0 Å². The highest BCUT2D eigenvalue weighted by Crippen LogP contribution is 2.27. The summed E-state index contributed by atoms with van der Waals surface area (Å²) in [5, 5.41) is 0. The van der Waals surface area contributed by atoms with E-state index in [4.69, 9.17) is 0 Å². The van der Waals surface area contributed by atoms with Gasteiger partial charge < -0.3 is 0 Å². The van der Waals surface area contributed by atoms with Crippen molar-refractivity contribution in [2.24, 2.45) is 0 Å². The largest absolute Gasteiger partial charge is 0.116 e. The molecule has 0 aliphatic rings. The number of hydrogen-bond donors (Lipinski definition) is 0. The first-order valence-electron chi connectivity index (χ1n) is 2.96. The van der Waals surface area contributed by atoms with Crippen LogP contribution in [-0.2, 0) is 6.16 Å². The van der Waals surface area contributed by atoms with Crippen LogP contribution in [0.15, 0.2) is 17.9 Å². The maximum absolute atomic E-state index is 3.29. The van der Waals surface area contributed by atoms with Gasteiger partial charge in [0, 0.05) is 5.80 Å². The van der Waals surface area contributed by atoms with Crippen molar-refractivity contribution in [3.8, 4) is 0 Å². The topological polar surface area (TPSA) is 0 Å². The summed E-state index contributed by atoms with van der Waals surface area (Å²) >= 11 is 0. The Bertz CT molecular complexity index is 130. The van der Waals surface area contributed by atoms with Crippen LogP contribution in [0, 0.1) is 5.80 Å². The number of rotatable bonds is 2. The Morgan fingerprint density at radius 1 is 1.62 bits per heavy atom. The zero-order chi connectivity index (χ0) is 5.82. The Morgan fingerprint density at radius 3 is 3.00 bits per heavy atom. The van der Waals surface area contributed by atoms with Crippen molar-refractivity contribution < 1.29 is 0 Å². The van der Waals surface area contributed by atoms with E-state index in [-0.39, 0.29) is 7.53 Å². The lowest BCUT2D eigenvalue weighted by molar-refractivity contribution is 1.03. The summed E-state index contributed by atoms with van der Waals surface area (Å²) in [6.07, 6.45) is 2.61. The predicted octanol–water partition coefficient (Wildman–Crippen LogP) is 2.88. The van der Waals surface area contributed by atoms with E-state index in [9.17, 15) is 0 Å². The Kier molecular flexibility index (Phi) is 2.17. The van der Waals surface area contributed by atoms with Crippen LogP contribution in [0.25, 0.3) is 0 Å². The Morgan fingerprint density at radius 2 is 2.50 bits per heavy atom. The van der Waals surface area contributed by atoms with Crippen LogP contribution in [0.3, 0.4) is 0 Å².